The van der Waals surface area contributed by atoms with E-state index in [0.29, 0.717) is 5.82 Å². The number of benzene rings is 1. The van der Waals surface area contributed by atoms with Gasteiger partial charge in [0.25, 0.3) is 0 Å². The molecule has 2 aromatic rings. The first-order chi connectivity index (χ1) is 7.65. The van der Waals surface area contributed by atoms with Crippen LogP contribution in [-0.2, 0) is 12.9 Å². The minimum absolute atomic E-state index is 0.0753. The van der Waals surface area contributed by atoms with Crippen molar-refractivity contribution < 1.29 is 8.78 Å². The highest BCUT2D eigenvalue weighted by atomic mass is 35.5. The number of nitrogens with zero attached hydrogens (tertiary/aromatic N) is 3. The number of hydrogen-bond acceptors (Lipinski definition) is 2. The second-order valence-corrected chi connectivity index (χ2v) is 3.50. The van der Waals surface area contributed by atoms with Crippen molar-refractivity contribution in [1.82, 2.24) is 14.8 Å². The number of halogens is 3. The third-order valence-electron chi connectivity index (χ3n) is 2.28. The van der Waals surface area contributed by atoms with E-state index >= 15 is 0 Å². The van der Waals surface area contributed by atoms with E-state index in [0.717, 1.165) is 6.07 Å². The molecule has 0 amide bonds. The lowest BCUT2D eigenvalue weighted by Crippen LogP contribution is -1.99. The first-order valence-corrected chi connectivity index (χ1v) is 5.07. The van der Waals surface area contributed by atoms with Gasteiger partial charge in [0, 0.05) is 7.05 Å². The van der Waals surface area contributed by atoms with Crippen molar-refractivity contribution in [2.75, 3.05) is 0 Å². The third kappa shape index (κ3) is 1.67. The molecule has 0 aliphatic rings. The molecule has 0 fully saturated rings. The molecular formula is C10H8ClF2N3. The summed E-state index contributed by atoms with van der Waals surface area (Å²) in [6.07, 6.45) is 0. The van der Waals surface area contributed by atoms with Crippen LogP contribution in [0.5, 0.6) is 0 Å². The van der Waals surface area contributed by atoms with E-state index in [9.17, 15) is 8.78 Å². The normalized spacial score (nSPS) is 10.8. The SMILES string of the molecule is Cn1c(CCl)nnc1-c1cccc(F)c1F. The highest BCUT2D eigenvalue weighted by Crippen LogP contribution is 2.22. The Morgan fingerprint density at radius 3 is 2.69 bits per heavy atom. The predicted molar refractivity (Wildman–Crippen MR) is 55.9 cm³/mol. The quantitative estimate of drug-likeness (QED) is 0.759. The third-order valence-corrected chi connectivity index (χ3v) is 2.52. The lowest BCUT2D eigenvalue weighted by atomic mass is 10.2. The van der Waals surface area contributed by atoms with Gasteiger partial charge >= 0.3 is 0 Å². The van der Waals surface area contributed by atoms with Crippen molar-refractivity contribution in [3.05, 3.63) is 35.7 Å². The van der Waals surface area contributed by atoms with E-state index in [1.807, 2.05) is 0 Å². The number of hydrogen-bond donors (Lipinski definition) is 0. The largest absolute Gasteiger partial charge is 0.313 e. The Morgan fingerprint density at radius 1 is 1.31 bits per heavy atom. The topological polar surface area (TPSA) is 30.7 Å². The summed E-state index contributed by atoms with van der Waals surface area (Å²) < 4.78 is 28.1. The maximum atomic E-state index is 13.5. The highest BCUT2D eigenvalue weighted by Gasteiger charge is 2.16. The van der Waals surface area contributed by atoms with Crippen LogP contribution in [0.4, 0.5) is 8.78 Å². The van der Waals surface area contributed by atoms with E-state index in [2.05, 4.69) is 10.2 Å². The summed E-state index contributed by atoms with van der Waals surface area (Å²) >= 11 is 5.61. The van der Waals surface area contributed by atoms with Gasteiger partial charge in [0.1, 0.15) is 5.82 Å². The number of aromatic nitrogens is 3. The molecule has 2 rings (SSSR count). The molecule has 0 spiro atoms. The molecule has 16 heavy (non-hydrogen) atoms. The number of rotatable bonds is 2. The van der Waals surface area contributed by atoms with Gasteiger partial charge in [0.2, 0.25) is 0 Å². The standard InChI is InChI=1S/C10H8ClF2N3/c1-16-8(5-11)14-15-10(16)6-3-2-4-7(12)9(6)13/h2-4H,5H2,1H3. The molecule has 0 radical (unpaired) electrons. The van der Waals surface area contributed by atoms with Gasteiger partial charge in [-0.25, -0.2) is 8.78 Å². The van der Waals surface area contributed by atoms with Crippen molar-refractivity contribution >= 4 is 11.6 Å². The molecule has 1 aromatic carbocycles. The molecule has 0 aliphatic heterocycles. The molecule has 0 unspecified atom stereocenters. The summed E-state index contributed by atoms with van der Waals surface area (Å²) in [6.45, 7) is 0. The Labute approximate surface area is 95.7 Å². The zero-order valence-electron chi connectivity index (χ0n) is 8.41. The average Bonchev–Trinajstić information content (AvgIpc) is 2.64. The Morgan fingerprint density at radius 2 is 2.06 bits per heavy atom. The molecule has 84 valence electrons. The fourth-order valence-corrected chi connectivity index (χ4v) is 1.62. The summed E-state index contributed by atoms with van der Waals surface area (Å²) in [5.74, 6) is -0.916. The van der Waals surface area contributed by atoms with Crippen LogP contribution < -0.4 is 0 Å². The van der Waals surface area contributed by atoms with Gasteiger partial charge in [-0.2, -0.15) is 0 Å². The minimum Gasteiger partial charge on any atom is -0.313 e. The summed E-state index contributed by atoms with van der Waals surface area (Å²) in [7, 11) is 1.65. The molecule has 1 heterocycles. The first kappa shape index (κ1) is 11.0. The molecular weight excluding hydrogens is 236 g/mol. The van der Waals surface area contributed by atoms with E-state index in [1.54, 1.807) is 7.05 Å². The van der Waals surface area contributed by atoms with Crippen molar-refractivity contribution in [2.24, 2.45) is 7.05 Å². The molecule has 0 N–H and O–H groups in total. The predicted octanol–water partition coefficient (Wildman–Crippen LogP) is 2.50. The second-order valence-electron chi connectivity index (χ2n) is 3.23. The van der Waals surface area contributed by atoms with Crippen LogP contribution in [0, 0.1) is 11.6 Å². The molecule has 0 atom stereocenters. The van der Waals surface area contributed by atoms with E-state index < -0.39 is 11.6 Å². The Balaban J connectivity index is 2.59. The maximum absolute atomic E-state index is 13.5. The van der Waals surface area contributed by atoms with Gasteiger partial charge in [0.05, 0.1) is 11.4 Å². The minimum atomic E-state index is -0.931. The monoisotopic (exact) mass is 243 g/mol. The fraction of sp³-hybridized carbons (Fsp3) is 0.200. The van der Waals surface area contributed by atoms with Crippen LogP contribution in [-0.4, -0.2) is 14.8 Å². The molecule has 1 aromatic heterocycles. The van der Waals surface area contributed by atoms with Gasteiger partial charge in [-0.15, -0.1) is 21.8 Å². The highest BCUT2D eigenvalue weighted by molar-refractivity contribution is 6.16. The maximum Gasteiger partial charge on any atom is 0.169 e. The van der Waals surface area contributed by atoms with E-state index in [-0.39, 0.29) is 17.3 Å². The molecule has 3 nitrogen and oxygen atoms in total. The van der Waals surface area contributed by atoms with Crippen molar-refractivity contribution in [3.63, 3.8) is 0 Å². The van der Waals surface area contributed by atoms with Crippen LogP contribution in [0.15, 0.2) is 18.2 Å². The zero-order chi connectivity index (χ0) is 11.7. The van der Waals surface area contributed by atoms with Crippen LogP contribution in [0.2, 0.25) is 0 Å². The van der Waals surface area contributed by atoms with Crippen LogP contribution in [0.25, 0.3) is 11.4 Å². The summed E-state index contributed by atoms with van der Waals surface area (Å²) in [4.78, 5) is 0. The fourth-order valence-electron chi connectivity index (χ4n) is 1.39. The smallest absolute Gasteiger partial charge is 0.169 e. The van der Waals surface area contributed by atoms with Crippen LogP contribution in [0.1, 0.15) is 5.82 Å². The van der Waals surface area contributed by atoms with Gasteiger partial charge in [0.15, 0.2) is 17.5 Å². The Kier molecular flexibility index (Phi) is 2.87. The summed E-state index contributed by atoms with van der Waals surface area (Å²) in [6, 6.07) is 3.92. The van der Waals surface area contributed by atoms with Gasteiger partial charge in [-0.05, 0) is 12.1 Å². The van der Waals surface area contributed by atoms with E-state index in [4.69, 9.17) is 11.6 Å². The molecule has 0 aliphatic carbocycles. The van der Waals surface area contributed by atoms with Crippen molar-refractivity contribution in [3.8, 4) is 11.4 Å². The zero-order valence-corrected chi connectivity index (χ0v) is 9.17. The number of alkyl halides is 1. The summed E-state index contributed by atoms with van der Waals surface area (Å²) in [5, 5.41) is 7.55. The molecule has 0 saturated carbocycles. The lowest BCUT2D eigenvalue weighted by Gasteiger charge is -2.03. The van der Waals surface area contributed by atoms with Crippen molar-refractivity contribution in [2.45, 2.75) is 5.88 Å². The Bertz CT molecular complexity index is 525. The Hall–Kier alpha value is -1.49. The van der Waals surface area contributed by atoms with Gasteiger partial charge in [-0.1, -0.05) is 6.07 Å². The van der Waals surface area contributed by atoms with Crippen LogP contribution in [0.3, 0.4) is 0 Å². The van der Waals surface area contributed by atoms with Gasteiger partial charge in [-0.3, -0.25) is 0 Å². The first-order valence-electron chi connectivity index (χ1n) is 4.53. The lowest BCUT2D eigenvalue weighted by molar-refractivity contribution is 0.510. The summed E-state index contributed by atoms with van der Waals surface area (Å²) in [5.41, 5.74) is 0.0753. The van der Waals surface area contributed by atoms with Crippen molar-refractivity contribution in [1.29, 1.82) is 0 Å². The molecule has 6 heteroatoms. The average molecular weight is 244 g/mol. The molecule has 0 saturated heterocycles. The van der Waals surface area contributed by atoms with E-state index in [1.165, 1.54) is 16.7 Å². The molecule has 0 bridgehead atoms. The second kappa shape index (κ2) is 4.17. The van der Waals surface area contributed by atoms with Crippen LogP contribution >= 0.6 is 11.6 Å². The van der Waals surface area contributed by atoms with Gasteiger partial charge < -0.3 is 4.57 Å².